The van der Waals surface area contributed by atoms with Crippen LogP contribution in [0.4, 0.5) is 0 Å². The molecule has 0 aliphatic carbocycles. The molecule has 0 fully saturated rings. The van der Waals surface area contributed by atoms with Crippen molar-refractivity contribution in [1.82, 2.24) is 0 Å². The number of benzene rings is 1. The Morgan fingerprint density at radius 2 is 1.75 bits per heavy atom. The number of rotatable bonds is 4. The van der Waals surface area contributed by atoms with Gasteiger partial charge >= 0.3 is 11.9 Å². The summed E-state index contributed by atoms with van der Waals surface area (Å²) in [4.78, 5) is 21.2. The zero-order chi connectivity index (χ0) is 12.1. The van der Waals surface area contributed by atoms with Crippen LogP contribution < -0.4 is 0 Å². The molecular weight excluding hydrogens is 232 g/mol. The Balaban J connectivity index is 2.97. The SMILES string of the molecule is O=C(O)C/C(=C\c1ccc(Cl)cc1)C(=O)O. The van der Waals surface area contributed by atoms with Crippen LogP contribution in [-0.4, -0.2) is 22.2 Å². The number of halogens is 1. The molecule has 0 aromatic heterocycles. The lowest BCUT2D eigenvalue weighted by Gasteiger charge is -1.99. The quantitative estimate of drug-likeness (QED) is 0.792. The summed E-state index contributed by atoms with van der Waals surface area (Å²) in [5.41, 5.74) is 0.429. The third-order valence-electron chi connectivity index (χ3n) is 1.83. The highest BCUT2D eigenvalue weighted by Gasteiger charge is 2.11. The van der Waals surface area contributed by atoms with E-state index in [2.05, 4.69) is 0 Å². The van der Waals surface area contributed by atoms with E-state index in [-0.39, 0.29) is 5.57 Å². The number of hydrogen-bond donors (Lipinski definition) is 2. The van der Waals surface area contributed by atoms with Crippen molar-refractivity contribution in [3.05, 3.63) is 40.4 Å². The maximum atomic E-state index is 10.7. The smallest absolute Gasteiger partial charge is 0.332 e. The first kappa shape index (κ1) is 12.3. The fourth-order valence-corrected chi connectivity index (χ4v) is 1.24. The van der Waals surface area contributed by atoms with Crippen LogP contribution in [0.5, 0.6) is 0 Å². The van der Waals surface area contributed by atoms with Gasteiger partial charge in [0, 0.05) is 10.6 Å². The first-order valence-electron chi connectivity index (χ1n) is 4.40. The van der Waals surface area contributed by atoms with Gasteiger partial charge in [0.25, 0.3) is 0 Å². The van der Waals surface area contributed by atoms with Crippen molar-refractivity contribution in [3.63, 3.8) is 0 Å². The van der Waals surface area contributed by atoms with E-state index >= 15 is 0 Å². The summed E-state index contributed by atoms with van der Waals surface area (Å²) < 4.78 is 0. The van der Waals surface area contributed by atoms with Crippen molar-refractivity contribution in [3.8, 4) is 0 Å². The maximum Gasteiger partial charge on any atom is 0.332 e. The lowest BCUT2D eigenvalue weighted by Crippen LogP contribution is -2.06. The molecule has 1 aromatic rings. The van der Waals surface area contributed by atoms with Gasteiger partial charge in [-0.15, -0.1) is 0 Å². The van der Waals surface area contributed by atoms with Gasteiger partial charge in [-0.25, -0.2) is 4.79 Å². The second-order valence-corrected chi connectivity index (χ2v) is 3.53. The van der Waals surface area contributed by atoms with E-state index in [1.165, 1.54) is 6.08 Å². The molecule has 1 rings (SSSR count). The minimum atomic E-state index is -1.24. The van der Waals surface area contributed by atoms with Crippen LogP contribution >= 0.6 is 11.6 Å². The molecule has 0 atom stereocenters. The summed E-state index contributed by atoms with van der Waals surface area (Å²) in [6.07, 6.45) is 0.796. The summed E-state index contributed by atoms with van der Waals surface area (Å²) >= 11 is 5.66. The molecule has 16 heavy (non-hydrogen) atoms. The van der Waals surface area contributed by atoms with Crippen molar-refractivity contribution in [2.24, 2.45) is 0 Å². The Morgan fingerprint density at radius 3 is 2.19 bits per heavy atom. The minimum absolute atomic E-state index is 0.171. The van der Waals surface area contributed by atoms with Crippen LogP contribution in [0, 0.1) is 0 Å². The van der Waals surface area contributed by atoms with E-state index in [9.17, 15) is 9.59 Å². The Hall–Kier alpha value is -1.81. The van der Waals surface area contributed by atoms with E-state index in [0.717, 1.165) is 0 Å². The number of carbonyl (C=O) groups is 2. The Bertz CT molecular complexity index is 434. The monoisotopic (exact) mass is 240 g/mol. The normalized spacial score (nSPS) is 11.2. The lowest BCUT2D eigenvalue weighted by molar-refractivity contribution is -0.139. The van der Waals surface area contributed by atoms with Crippen molar-refractivity contribution in [2.75, 3.05) is 0 Å². The van der Waals surface area contributed by atoms with Crippen LogP contribution in [0.3, 0.4) is 0 Å². The van der Waals surface area contributed by atoms with Gasteiger partial charge < -0.3 is 10.2 Å². The van der Waals surface area contributed by atoms with E-state index < -0.39 is 18.4 Å². The summed E-state index contributed by atoms with van der Waals surface area (Å²) in [6, 6.07) is 6.45. The van der Waals surface area contributed by atoms with E-state index in [4.69, 9.17) is 21.8 Å². The molecule has 0 amide bonds. The molecule has 4 nitrogen and oxygen atoms in total. The number of hydrogen-bond acceptors (Lipinski definition) is 2. The predicted molar refractivity (Wildman–Crippen MR) is 59.3 cm³/mol. The zero-order valence-corrected chi connectivity index (χ0v) is 8.94. The Morgan fingerprint density at radius 1 is 1.19 bits per heavy atom. The largest absolute Gasteiger partial charge is 0.481 e. The molecule has 5 heteroatoms. The van der Waals surface area contributed by atoms with Crippen LogP contribution in [0.1, 0.15) is 12.0 Å². The van der Waals surface area contributed by atoms with E-state index in [0.29, 0.717) is 10.6 Å². The summed E-state index contributed by atoms with van der Waals surface area (Å²) in [5, 5.41) is 17.8. The summed E-state index contributed by atoms with van der Waals surface area (Å²) in [7, 11) is 0. The van der Waals surface area contributed by atoms with Crippen molar-refractivity contribution < 1.29 is 19.8 Å². The van der Waals surface area contributed by atoms with Gasteiger partial charge in [0.15, 0.2) is 0 Å². The third-order valence-corrected chi connectivity index (χ3v) is 2.08. The van der Waals surface area contributed by atoms with Crippen LogP contribution in [0.15, 0.2) is 29.8 Å². The first-order chi connectivity index (χ1) is 7.49. The second kappa shape index (κ2) is 5.32. The molecular formula is C11H9ClO4. The van der Waals surface area contributed by atoms with Gasteiger partial charge in [-0.2, -0.15) is 0 Å². The molecule has 84 valence electrons. The lowest BCUT2D eigenvalue weighted by atomic mass is 10.1. The van der Waals surface area contributed by atoms with Crippen LogP contribution in [0.2, 0.25) is 5.02 Å². The fourth-order valence-electron chi connectivity index (χ4n) is 1.11. The zero-order valence-electron chi connectivity index (χ0n) is 8.18. The first-order valence-corrected chi connectivity index (χ1v) is 4.78. The molecule has 0 aliphatic rings. The van der Waals surface area contributed by atoms with Crippen LogP contribution in [-0.2, 0) is 9.59 Å². The minimum Gasteiger partial charge on any atom is -0.481 e. The maximum absolute atomic E-state index is 10.7. The highest BCUT2D eigenvalue weighted by molar-refractivity contribution is 6.30. The molecule has 0 aliphatic heterocycles. The number of aliphatic carboxylic acids is 2. The predicted octanol–water partition coefficient (Wildman–Crippen LogP) is 2.28. The average Bonchev–Trinajstić information content (AvgIpc) is 2.19. The summed E-state index contributed by atoms with van der Waals surface area (Å²) in [6.45, 7) is 0. The van der Waals surface area contributed by atoms with Crippen molar-refractivity contribution >= 4 is 29.6 Å². The average molecular weight is 241 g/mol. The molecule has 0 heterocycles. The molecule has 0 saturated carbocycles. The van der Waals surface area contributed by atoms with Gasteiger partial charge in [0.1, 0.15) is 0 Å². The Kier molecular flexibility index (Phi) is 4.08. The molecule has 0 spiro atoms. The third kappa shape index (κ3) is 3.74. The molecule has 2 N–H and O–H groups in total. The highest BCUT2D eigenvalue weighted by Crippen LogP contribution is 2.14. The summed E-state index contributed by atoms with van der Waals surface area (Å²) in [5.74, 6) is -2.42. The van der Waals surface area contributed by atoms with Gasteiger partial charge in [0.2, 0.25) is 0 Å². The molecule has 1 aromatic carbocycles. The van der Waals surface area contributed by atoms with E-state index in [1.807, 2.05) is 0 Å². The van der Waals surface area contributed by atoms with Gasteiger partial charge in [-0.05, 0) is 23.8 Å². The number of carboxylic acids is 2. The van der Waals surface area contributed by atoms with Gasteiger partial charge in [-0.3, -0.25) is 4.79 Å². The number of carboxylic acid groups (broad SMARTS) is 2. The molecule has 0 saturated heterocycles. The van der Waals surface area contributed by atoms with Crippen LogP contribution in [0.25, 0.3) is 6.08 Å². The molecule has 0 unspecified atom stereocenters. The van der Waals surface area contributed by atoms with Gasteiger partial charge in [-0.1, -0.05) is 23.7 Å². The van der Waals surface area contributed by atoms with Crippen molar-refractivity contribution in [1.29, 1.82) is 0 Å². The topological polar surface area (TPSA) is 74.6 Å². The fraction of sp³-hybridized carbons (Fsp3) is 0.0909. The molecule has 0 radical (unpaired) electrons. The Labute approximate surface area is 96.8 Å². The van der Waals surface area contributed by atoms with E-state index in [1.54, 1.807) is 24.3 Å². The molecule has 0 bridgehead atoms. The van der Waals surface area contributed by atoms with Crippen molar-refractivity contribution in [2.45, 2.75) is 6.42 Å². The van der Waals surface area contributed by atoms with Gasteiger partial charge in [0.05, 0.1) is 6.42 Å². The highest BCUT2D eigenvalue weighted by atomic mass is 35.5. The standard InChI is InChI=1S/C11H9ClO4/c12-9-3-1-7(2-4-9)5-8(11(15)16)6-10(13)14/h1-5H,6H2,(H,13,14)(H,15,16)/b8-5+. The second-order valence-electron chi connectivity index (χ2n) is 3.10.